The van der Waals surface area contributed by atoms with Gasteiger partial charge in [-0.1, -0.05) is 11.6 Å². The summed E-state index contributed by atoms with van der Waals surface area (Å²) in [5.74, 6) is 0.552. The Morgan fingerprint density at radius 3 is 2.86 bits per heavy atom. The van der Waals surface area contributed by atoms with E-state index in [1.807, 2.05) is 6.07 Å². The van der Waals surface area contributed by atoms with E-state index in [2.05, 4.69) is 35.0 Å². The lowest BCUT2D eigenvalue weighted by Gasteiger charge is -2.01. The predicted octanol–water partition coefficient (Wildman–Crippen LogP) is 3.09. The Bertz CT molecular complexity index is 447. The first kappa shape index (κ1) is 9.82. The monoisotopic (exact) mass is 290 g/mol. The molecule has 72 valence electrons. The van der Waals surface area contributed by atoms with Crippen molar-refractivity contribution in [1.29, 1.82) is 0 Å². The second kappa shape index (κ2) is 4.20. The topological polar surface area (TPSA) is 50.7 Å². The molecule has 0 saturated heterocycles. The van der Waals surface area contributed by atoms with Crippen molar-refractivity contribution in [2.75, 3.05) is 5.32 Å². The minimum atomic E-state index is 0.370. The number of pyridine rings is 1. The molecule has 0 bridgehead atoms. The average Bonchev–Trinajstić information content (AvgIpc) is 2.52. The van der Waals surface area contributed by atoms with E-state index in [0.717, 1.165) is 21.9 Å². The van der Waals surface area contributed by atoms with E-state index in [9.17, 15) is 0 Å². The quantitative estimate of drug-likeness (QED) is 0.924. The van der Waals surface area contributed by atoms with Gasteiger partial charge in [0.15, 0.2) is 11.0 Å². The zero-order valence-electron chi connectivity index (χ0n) is 6.74. The number of halogens is 2. The molecule has 7 heteroatoms. The molecule has 0 atom stereocenters. The highest BCUT2D eigenvalue weighted by Crippen LogP contribution is 2.23. The van der Waals surface area contributed by atoms with Crippen LogP contribution in [0.25, 0.3) is 0 Å². The second-order valence-electron chi connectivity index (χ2n) is 2.42. The zero-order chi connectivity index (χ0) is 9.97. The van der Waals surface area contributed by atoms with Crippen LogP contribution in [0.1, 0.15) is 0 Å². The Balaban J connectivity index is 2.23. The van der Waals surface area contributed by atoms with Crippen LogP contribution in [0.5, 0.6) is 0 Å². The summed E-state index contributed by atoms with van der Waals surface area (Å²) in [6, 6.07) is 1.88. The molecule has 0 saturated carbocycles. The van der Waals surface area contributed by atoms with Crippen LogP contribution in [0.4, 0.5) is 11.5 Å². The molecule has 14 heavy (non-hydrogen) atoms. The molecule has 0 amide bonds. The van der Waals surface area contributed by atoms with Gasteiger partial charge in [0.1, 0.15) is 0 Å². The predicted molar refractivity (Wildman–Crippen MR) is 60.1 cm³/mol. The smallest absolute Gasteiger partial charge is 0.187 e. The number of nitrogens with one attached hydrogen (secondary N) is 1. The fourth-order valence-corrected chi connectivity index (χ4v) is 1.88. The van der Waals surface area contributed by atoms with E-state index in [1.54, 1.807) is 12.4 Å². The van der Waals surface area contributed by atoms with Crippen molar-refractivity contribution in [3.05, 3.63) is 28.1 Å². The highest BCUT2D eigenvalue weighted by Gasteiger charge is 2.05. The molecular formula is C7H4BrClN4S. The molecule has 2 aromatic heterocycles. The Morgan fingerprint density at radius 1 is 1.36 bits per heavy atom. The van der Waals surface area contributed by atoms with E-state index in [4.69, 9.17) is 11.6 Å². The Kier molecular flexibility index (Phi) is 2.95. The van der Waals surface area contributed by atoms with E-state index in [-0.39, 0.29) is 0 Å². The summed E-state index contributed by atoms with van der Waals surface area (Å²) in [4.78, 5) is 4.00. The molecule has 2 heterocycles. The highest BCUT2D eigenvalue weighted by molar-refractivity contribution is 9.10. The first-order valence-electron chi connectivity index (χ1n) is 3.61. The molecule has 4 nitrogen and oxygen atoms in total. The normalized spacial score (nSPS) is 10.1. The van der Waals surface area contributed by atoms with Gasteiger partial charge in [-0.05, 0) is 22.0 Å². The first-order chi connectivity index (χ1) is 6.75. The van der Waals surface area contributed by atoms with E-state index in [1.165, 1.54) is 0 Å². The summed E-state index contributed by atoms with van der Waals surface area (Å²) in [7, 11) is 0. The third-order valence-electron chi connectivity index (χ3n) is 1.42. The van der Waals surface area contributed by atoms with Gasteiger partial charge in [-0.15, -0.1) is 0 Å². The summed E-state index contributed by atoms with van der Waals surface area (Å²) in [6.45, 7) is 0. The molecule has 0 aliphatic rings. The number of hydrogen-bond donors (Lipinski definition) is 1. The van der Waals surface area contributed by atoms with Crippen LogP contribution in [0, 0.1) is 0 Å². The number of anilines is 2. The molecule has 0 fully saturated rings. The van der Waals surface area contributed by atoms with Gasteiger partial charge in [-0.2, -0.15) is 8.75 Å². The maximum Gasteiger partial charge on any atom is 0.187 e. The zero-order valence-corrected chi connectivity index (χ0v) is 9.90. The lowest BCUT2D eigenvalue weighted by atomic mass is 10.4. The number of nitrogens with zero attached hydrogens (tertiary/aromatic N) is 3. The summed E-state index contributed by atoms with van der Waals surface area (Å²) >= 11 is 10.2. The van der Waals surface area contributed by atoms with Crippen LogP contribution in [0.15, 0.2) is 22.9 Å². The van der Waals surface area contributed by atoms with Crippen molar-refractivity contribution < 1.29 is 0 Å². The minimum absolute atomic E-state index is 0.370. The first-order valence-corrected chi connectivity index (χ1v) is 5.51. The van der Waals surface area contributed by atoms with Gasteiger partial charge in [0.25, 0.3) is 0 Å². The van der Waals surface area contributed by atoms with Gasteiger partial charge in [0, 0.05) is 10.7 Å². The SMILES string of the molecule is Clc1nsnc1Nc1cncc(Br)c1. The molecular weight excluding hydrogens is 288 g/mol. The molecule has 2 rings (SSSR count). The molecule has 0 aliphatic carbocycles. The fourth-order valence-electron chi connectivity index (χ4n) is 0.869. The van der Waals surface area contributed by atoms with Gasteiger partial charge in [0.2, 0.25) is 0 Å². The van der Waals surface area contributed by atoms with Crippen LogP contribution in [0.2, 0.25) is 5.15 Å². The lowest BCUT2D eigenvalue weighted by Crippen LogP contribution is -1.91. The van der Waals surface area contributed by atoms with Crippen molar-refractivity contribution in [1.82, 2.24) is 13.7 Å². The lowest BCUT2D eigenvalue weighted by molar-refractivity contribution is 1.30. The van der Waals surface area contributed by atoms with Crippen molar-refractivity contribution in [2.24, 2.45) is 0 Å². The number of hydrogen-bond acceptors (Lipinski definition) is 5. The van der Waals surface area contributed by atoms with Crippen LogP contribution in [-0.2, 0) is 0 Å². The third-order valence-corrected chi connectivity index (χ3v) is 2.74. The van der Waals surface area contributed by atoms with Gasteiger partial charge in [-0.3, -0.25) is 4.98 Å². The maximum absolute atomic E-state index is 5.77. The summed E-state index contributed by atoms with van der Waals surface area (Å²) in [5, 5.41) is 3.38. The van der Waals surface area contributed by atoms with Crippen molar-refractivity contribution in [3.8, 4) is 0 Å². The van der Waals surface area contributed by atoms with Gasteiger partial charge in [-0.25, -0.2) is 0 Å². The maximum atomic E-state index is 5.77. The molecule has 0 spiro atoms. The standard InChI is InChI=1S/C7H4BrClN4S/c8-4-1-5(3-10-2-4)11-7-6(9)12-14-13-7/h1-3H,(H,11,13). The van der Waals surface area contributed by atoms with Crippen LogP contribution in [-0.4, -0.2) is 13.7 Å². The largest absolute Gasteiger partial charge is 0.335 e. The molecule has 1 N–H and O–H groups in total. The van der Waals surface area contributed by atoms with Crippen molar-refractivity contribution in [3.63, 3.8) is 0 Å². The van der Waals surface area contributed by atoms with E-state index >= 15 is 0 Å². The molecule has 0 unspecified atom stereocenters. The van der Waals surface area contributed by atoms with Crippen molar-refractivity contribution >= 4 is 50.8 Å². The van der Waals surface area contributed by atoms with E-state index < -0.39 is 0 Å². The molecule has 0 aliphatic heterocycles. The Hall–Kier alpha value is -0.720. The highest BCUT2D eigenvalue weighted by atomic mass is 79.9. The Morgan fingerprint density at radius 2 is 2.21 bits per heavy atom. The van der Waals surface area contributed by atoms with Gasteiger partial charge < -0.3 is 5.32 Å². The van der Waals surface area contributed by atoms with Crippen LogP contribution >= 0.6 is 39.3 Å². The molecule has 0 radical (unpaired) electrons. The number of aromatic nitrogens is 3. The summed E-state index contributed by atoms with van der Waals surface area (Å²) in [5.41, 5.74) is 0.814. The Labute approximate surface area is 97.8 Å². The third kappa shape index (κ3) is 2.20. The van der Waals surface area contributed by atoms with Crippen molar-refractivity contribution in [2.45, 2.75) is 0 Å². The van der Waals surface area contributed by atoms with Crippen LogP contribution in [0.3, 0.4) is 0 Å². The minimum Gasteiger partial charge on any atom is -0.335 e. The summed E-state index contributed by atoms with van der Waals surface area (Å²) in [6.07, 6.45) is 3.38. The second-order valence-corrected chi connectivity index (χ2v) is 4.22. The van der Waals surface area contributed by atoms with Gasteiger partial charge in [0.05, 0.1) is 23.6 Å². The average molecular weight is 292 g/mol. The van der Waals surface area contributed by atoms with Gasteiger partial charge >= 0.3 is 0 Å². The molecule has 2 aromatic rings. The fraction of sp³-hybridized carbons (Fsp3) is 0. The molecule has 0 aromatic carbocycles. The summed E-state index contributed by atoms with van der Waals surface area (Å²) < 4.78 is 8.71. The van der Waals surface area contributed by atoms with Crippen LogP contribution < -0.4 is 5.32 Å². The van der Waals surface area contributed by atoms with E-state index in [0.29, 0.717) is 11.0 Å². The number of rotatable bonds is 2.